The van der Waals surface area contributed by atoms with Gasteiger partial charge in [-0.3, -0.25) is 19.8 Å². The third-order valence-electron chi connectivity index (χ3n) is 5.56. The summed E-state index contributed by atoms with van der Waals surface area (Å²) in [6.07, 6.45) is 2.07. The van der Waals surface area contributed by atoms with Gasteiger partial charge >= 0.3 is 12.1 Å². The number of hydrogen-bond acceptors (Lipinski definition) is 6. The van der Waals surface area contributed by atoms with Crippen LogP contribution >= 0.6 is 0 Å². The molecular weight excluding hydrogens is 442 g/mol. The zero-order valence-electron chi connectivity index (χ0n) is 17.9. The van der Waals surface area contributed by atoms with Gasteiger partial charge in [-0.1, -0.05) is 18.2 Å². The van der Waals surface area contributed by atoms with E-state index >= 15 is 0 Å². The van der Waals surface area contributed by atoms with Crippen LogP contribution in [0, 0.1) is 0 Å². The second-order valence-corrected chi connectivity index (χ2v) is 7.85. The molecule has 1 atom stereocenters. The van der Waals surface area contributed by atoms with E-state index in [0.29, 0.717) is 30.4 Å². The summed E-state index contributed by atoms with van der Waals surface area (Å²) in [5.74, 6) is -0.283. The summed E-state index contributed by atoms with van der Waals surface area (Å²) in [6, 6.07) is 10.2. The van der Waals surface area contributed by atoms with Crippen LogP contribution in [0.3, 0.4) is 0 Å². The fourth-order valence-electron chi connectivity index (χ4n) is 3.98. The predicted octanol–water partition coefficient (Wildman–Crippen LogP) is 1.75. The summed E-state index contributed by atoms with van der Waals surface area (Å²) in [5.41, 5.74) is 2.19. The Kier molecular flexibility index (Phi) is 5.50. The zero-order chi connectivity index (χ0) is 23.7. The van der Waals surface area contributed by atoms with E-state index in [2.05, 4.69) is 20.9 Å². The minimum Gasteiger partial charge on any atom is -0.486 e. The molecule has 6 amide bonds. The number of ether oxygens (including phenoxy) is 2. The van der Waals surface area contributed by atoms with Gasteiger partial charge in [0.2, 0.25) is 5.91 Å². The van der Waals surface area contributed by atoms with Crippen molar-refractivity contribution in [1.29, 1.82) is 0 Å². The van der Waals surface area contributed by atoms with Crippen molar-refractivity contribution in [2.24, 2.45) is 0 Å². The lowest BCUT2D eigenvalue weighted by molar-refractivity contribution is -0.131. The fraction of sp³-hybridized carbons (Fsp3) is 0.217. The molecule has 2 aromatic carbocycles. The maximum absolute atomic E-state index is 12.8. The van der Waals surface area contributed by atoms with Crippen LogP contribution in [-0.2, 0) is 16.0 Å². The van der Waals surface area contributed by atoms with Gasteiger partial charge in [0, 0.05) is 35.3 Å². The first kappa shape index (κ1) is 21.3. The highest BCUT2D eigenvalue weighted by atomic mass is 16.6. The summed E-state index contributed by atoms with van der Waals surface area (Å²) < 4.78 is 10.9. The van der Waals surface area contributed by atoms with Crippen molar-refractivity contribution >= 4 is 40.5 Å². The Morgan fingerprint density at radius 1 is 1.06 bits per heavy atom. The summed E-state index contributed by atoms with van der Waals surface area (Å²) in [7, 11) is 0. The number of fused-ring (bicyclic) bond motifs is 2. The van der Waals surface area contributed by atoms with Crippen LogP contribution < -0.4 is 25.4 Å². The molecule has 1 fully saturated rings. The number of rotatable bonds is 5. The minimum absolute atomic E-state index is 0.275. The van der Waals surface area contributed by atoms with Crippen LogP contribution in [0.1, 0.15) is 5.56 Å². The highest BCUT2D eigenvalue weighted by Gasteiger charge is 2.39. The first-order chi connectivity index (χ1) is 16.5. The van der Waals surface area contributed by atoms with Gasteiger partial charge in [0.15, 0.2) is 11.5 Å². The number of benzene rings is 2. The third-order valence-corrected chi connectivity index (χ3v) is 5.56. The topological polar surface area (TPSA) is 142 Å². The molecule has 4 N–H and O–H groups in total. The SMILES string of the molecule is O=C(CN1C(=O)N[C@@H](Cc2c[nH]c3ccccc23)C1=O)NC(=O)Nc1ccc2c(c1)OCCO2. The summed E-state index contributed by atoms with van der Waals surface area (Å²) in [4.78, 5) is 53.5. The van der Waals surface area contributed by atoms with Gasteiger partial charge in [0.05, 0.1) is 0 Å². The molecule has 0 bridgehead atoms. The van der Waals surface area contributed by atoms with Crippen molar-refractivity contribution in [2.75, 3.05) is 25.1 Å². The number of nitrogens with zero attached hydrogens (tertiary/aromatic N) is 1. The Bertz CT molecular complexity index is 1300. The van der Waals surface area contributed by atoms with Crippen LogP contribution in [-0.4, -0.2) is 59.6 Å². The smallest absolute Gasteiger partial charge is 0.325 e. The lowest BCUT2D eigenvalue weighted by Gasteiger charge is -2.19. The predicted molar refractivity (Wildman–Crippen MR) is 121 cm³/mol. The van der Waals surface area contributed by atoms with Crippen LogP contribution in [0.2, 0.25) is 0 Å². The van der Waals surface area contributed by atoms with Gasteiger partial charge < -0.3 is 25.1 Å². The largest absolute Gasteiger partial charge is 0.486 e. The number of carbonyl (C=O) groups is 4. The zero-order valence-corrected chi connectivity index (χ0v) is 17.9. The second-order valence-electron chi connectivity index (χ2n) is 7.85. The van der Waals surface area contributed by atoms with Gasteiger partial charge in [0.1, 0.15) is 25.8 Å². The van der Waals surface area contributed by atoms with Crippen molar-refractivity contribution in [1.82, 2.24) is 20.5 Å². The maximum atomic E-state index is 12.8. The molecule has 0 unspecified atom stereocenters. The quantitative estimate of drug-likeness (QED) is 0.425. The van der Waals surface area contributed by atoms with Gasteiger partial charge in [-0.05, 0) is 23.8 Å². The Balaban J connectivity index is 1.17. The molecule has 11 nitrogen and oxygen atoms in total. The number of aromatic nitrogens is 1. The third kappa shape index (κ3) is 4.22. The van der Waals surface area contributed by atoms with Crippen molar-refractivity contribution in [3.63, 3.8) is 0 Å². The number of nitrogens with one attached hydrogen (secondary N) is 4. The molecule has 11 heteroatoms. The highest BCUT2D eigenvalue weighted by Crippen LogP contribution is 2.32. The second kappa shape index (κ2) is 8.77. The highest BCUT2D eigenvalue weighted by molar-refractivity contribution is 6.09. The average Bonchev–Trinajstić information content (AvgIpc) is 3.35. The summed E-state index contributed by atoms with van der Waals surface area (Å²) >= 11 is 0. The first-order valence-electron chi connectivity index (χ1n) is 10.7. The number of anilines is 1. The molecule has 2 aliphatic rings. The van der Waals surface area contributed by atoms with E-state index in [1.807, 2.05) is 24.3 Å². The maximum Gasteiger partial charge on any atom is 0.325 e. The number of hydrogen-bond donors (Lipinski definition) is 4. The van der Waals surface area contributed by atoms with Crippen LogP contribution in [0.25, 0.3) is 10.9 Å². The summed E-state index contributed by atoms with van der Waals surface area (Å²) in [6.45, 7) is 0.262. The van der Waals surface area contributed by atoms with Crippen LogP contribution in [0.15, 0.2) is 48.7 Å². The van der Waals surface area contributed by atoms with E-state index < -0.39 is 36.5 Å². The lowest BCUT2D eigenvalue weighted by atomic mass is 10.1. The fourth-order valence-corrected chi connectivity index (χ4v) is 3.98. The minimum atomic E-state index is -0.802. The van der Waals surface area contributed by atoms with Crippen LogP contribution in [0.4, 0.5) is 15.3 Å². The molecule has 0 saturated carbocycles. The molecule has 34 heavy (non-hydrogen) atoms. The number of amides is 6. The van der Waals surface area contributed by atoms with Crippen molar-refractivity contribution < 1.29 is 28.7 Å². The molecule has 2 aliphatic heterocycles. The van der Waals surface area contributed by atoms with E-state index in [1.165, 1.54) is 0 Å². The molecule has 174 valence electrons. The molecule has 0 radical (unpaired) electrons. The number of para-hydroxylation sites is 1. The van der Waals surface area contributed by atoms with Crippen molar-refractivity contribution in [2.45, 2.75) is 12.5 Å². The lowest BCUT2D eigenvalue weighted by Crippen LogP contribution is -2.44. The van der Waals surface area contributed by atoms with Gasteiger partial charge in [-0.2, -0.15) is 0 Å². The van der Waals surface area contributed by atoms with Crippen LogP contribution in [0.5, 0.6) is 11.5 Å². The normalized spacial score (nSPS) is 16.9. The van der Waals surface area contributed by atoms with Gasteiger partial charge in [-0.15, -0.1) is 0 Å². The molecule has 3 heterocycles. The molecule has 3 aromatic rings. The van der Waals surface area contributed by atoms with E-state index in [-0.39, 0.29) is 6.42 Å². The van der Waals surface area contributed by atoms with Crippen molar-refractivity contribution in [3.8, 4) is 11.5 Å². The standard InChI is InChI=1S/C23H21N5O6/c29-20(27-22(31)25-14-5-6-18-19(10-14)34-8-7-33-18)12-28-21(30)17(26-23(28)32)9-13-11-24-16-4-2-1-3-15(13)16/h1-6,10-11,17,24H,7-9,12H2,(H,26,32)(H2,25,27,29,31)/t17-/m0/s1. The van der Waals surface area contributed by atoms with E-state index in [4.69, 9.17) is 9.47 Å². The molecule has 5 rings (SSSR count). The number of urea groups is 2. The van der Waals surface area contributed by atoms with Gasteiger partial charge in [-0.25, -0.2) is 9.59 Å². The Labute approximate surface area is 193 Å². The number of aromatic amines is 1. The number of H-pyrrole nitrogens is 1. The Hall–Kier alpha value is -4.54. The molecule has 0 aliphatic carbocycles. The molecular formula is C23H21N5O6. The Morgan fingerprint density at radius 3 is 2.71 bits per heavy atom. The summed E-state index contributed by atoms with van der Waals surface area (Å²) in [5, 5.41) is 8.19. The van der Waals surface area contributed by atoms with Gasteiger partial charge in [0.25, 0.3) is 5.91 Å². The molecule has 0 spiro atoms. The number of carbonyl (C=O) groups excluding carboxylic acids is 4. The van der Waals surface area contributed by atoms with E-state index in [9.17, 15) is 19.2 Å². The van der Waals surface area contributed by atoms with Crippen molar-refractivity contribution in [3.05, 3.63) is 54.2 Å². The average molecular weight is 463 g/mol. The molecule has 1 saturated heterocycles. The number of imide groups is 2. The monoisotopic (exact) mass is 463 g/mol. The van der Waals surface area contributed by atoms with E-state index in [1.54, 1.807) is 24.4 Å². The molecule has 1 aromatic heterocycles. The Morgan fingerprint density at radius 2 is 1.85 bits per heavy atom. The first-order valence-corrected chi connectivity index (χ1v) is 10.7. The van der Waals surface area contributed by atoms with E-state index in [0.717, 1.165) is 21.4 Å².